The molecule has 1 heterocycles. The molecule has 0 aromatic carbocycles. The minimum Gasteiger partial charge on any atom is -0.480 e. The molecular formula is C10H17NO4. The number of aliphatic carboxylic acids is 1. The van der Waals surface area contributed by atoms with E-state index in [2.05, 4.69) is 0 Å². The Kier molecular flexibility index (Phi) is 4.08. The number of carboxylic acid groups (broad SMARTS) is 1. The number of ether oxygens (including phenoxy) is 1. The van der Waals surface area contributed by atoms with Crippen molar-refractivity contribution in [2.75, 3.05) is 13.2 Å². The highest BCUT2D eigenvalue weighted by molar-refractivity contribution is 5.84. The van der Waals surface area contributed by atoms with Crippen molar-refractivity contribution < 1.29 is 19.4 Å². The Morgan fingerprint density at radius 3 is 2.73 bits per heavy atom. The fraction of sp³-hybridized carbons (Fsp3) is 0.800. The molecule has 1 N–H and O–H groups in total. The smallest absolute Gasteiger partial charge is 0.326 e. The second-order valence-corrected chi connectivity index (χ2v) is 3.94. The summed E-state index contributed by atoms with van der Waals surface area (Å²) in [4.78, 5) is 23.8. The number of carboxylic acids is 1. The van der Waals surface area contributed by atoms with E-state index in [0.717, 1.165) is 6.42 Å². The molecule has 1 unspecified atom stereocenters. The van der Waals surface area contributed by atoms with Crippen LogP contribution in [0, 0.1) is 0 Å². The molecule has 0 spiro atoms. The normalized spacial score (nSPS) is 21.0. The standard InChI is InChI=1S/C10H17NO4/c1-7(2)15-6-9(12)11-5-3-4-8(11)10(13)14/h7-8H,3-6H2,1-2H3,(H,13,14). The Morgan fingerprint density at radius 2 is 2.20 bits per heavy atom. The molecule has 0 aliphatic carbocycles. The Hall–Kier alpha value is -1.10. The Morgan fingerprint density at radius 1 is 1.53 bits per heavy atom. The summed E-state index contributed by atoms with van der Waals surface area (Å²) >= 11 is 0. The van der Waals surface area contributed by atoms with E-state index in [-0.39, 0.29) is 18.6 Å². The van der Waals surface area contributed by atoms with Crippen LogP contribution in [0.3, 0.4) is 0 Å². The van der Waals surface area contributed by atoms with Gasteiger partial charge in [-0.1, -0.05) is 0 Å². The van der Waals surface area contributed by atoms with Crippen molar-refractivity contribution >= 4 is 11.9 Å². The van der Waals surface area contributed by atoms with E-state index < -0.39 is 12.0 Å². The quantitative estimate of drug-likeness (QED) is 0.741. The summed E-state index contributed by atoms with van der Waals surface area (Å²) < 4.78 is 5.16. The number of carbonyl (C=O) groups is 2. The Balaban J connectivity index is 2.47. The third-order valence-electron chi connectivity index (χ3n) is 2.40. The lowest BCUT2D eigenvalue weighted by molar-refractivity contribution is -0.150. The summed E-state index contributed by atoms with van der Waals surface area (Å²) in [6.07, 6.45) is 1.28. The average Bonchev–Trinajstić information content (AvgIpc) is 2.62. The highest BCUT2D eigenvalue weighted by Gasteiger charge is 2.33. The van der Waals surface area contributed by atoms with E-state index in [0.29, 0.717) is 13.0 Å². The highest BCUT2D eigenvalue weighted by Crippen LogP contribution is 2.17. The molecule has 0 aromatic heterocycles. The Labute approximate surface area is 89.0 Å². The molecule has 5 nitrogen and oxygen atoms in total. The number of carbonyl (C=O) groups excluding carboxylic acids is 1. The number of rotatable bonds is 4. The molecule has 1 atom stereocenters. The SMILES string of the molecule is CC(C)OCC(=O)N1CCCC1C(=O)O. The van der Waals surface area contributed by atoms with Crippen molar-refractivity contribution in [3.63, 3.8) is 0 Å². The van der Waals surface area contributed by atoms with Crippen LogP contribution in [0.5, 0.6) is 0 Å². The minimum atomic E-state index is -0.926. The monoisotopic (exact) mass is 215 g/mol. The fourth-order valence-electron chi connectivity index (χ4n) is 1.64. The summed E-state index contributed by atoms with van der Waals surface area (Å²) in [6.45, 7) is 4.18. The zero-order chi connectivity index (χ0) is 11.4. The van der Waals surface area contributed by atoms with Gasteiger partial charge >= 0.3 is 5.97 Å². The topological polar surface area (TPSA) is 66.8 Å². The van der Waals surface area contributed by atoms with Gasteiger partial charge in [-0.15, -0.1) is 0 Å². The molecule has 0 radical (unpaired) electrons. The highest BCUT2D eigenvalue weighted by atomic mass is 16.5. The molecule has 1 saturated heterocycles. The van der Waals surface area contributed by atoms with Gasteiger partial charge in [0.1, 0.15) is 12.6 Å². The van der Waals surface area contributed by atoms with Gasteiger partial charge in [0.05, 0.1) is 6.10 Å². The second kappa shape index (κ2) is 5.11. The van der Waals surface area contributed by atoms with Crippen molar-refractivity contribution in [1.82, 2.24) is 4.90 Å². The molecule has 0 saturated carbocycles. The van der Waals surface area contributed by atoms with Crippen LogP contribution in [-0.4, -0.2) is 47.2 Å². The van der Waals surface area contributed by atoms with Crippen LogP contribution in [0.25, 0.3) is 0 Å². The van der Waals surface area contributed by atoms with Gasteiger partial charge in [0.25, 0.3) is 0 Å². The molecule has 5 heteroatoms. The summed E-state index contributed by atoms with van der Waals surface area (Å²) in [6, 6.07) is -0.659. The molecule has 1 amide bonds. The number of likely N-dealkylation sites (tertiary alicyclic amines) is 1. The van der Waals surface area contributed by atoms with Crippen molar-refractivity contribution in [1.29, 1.82) is 0 Å². The van der Waals surface area contributed by atoms with E-state index >= 15 is 0 Å². The maximum atomic E-state index is 11.6. The second-order valence-electron chi connectivity index (χ2n) is 3.94. The fourth-order valence-corrected chi connectivity index (χ4v) is 1.64. The zero-order valence-electron chi connectivity index (χ0n) is 9.10. The Bertz CT molecular complexity index is 252. The lowest BCUT2D eigenvalue weighted by Gasteiger charge is -2.21. The van der Waals surface area contributed by atoms with Gasteiger partial charge < -0.3 is 14.7 Å². The average molecular weight is 215 g/mol. The number of hydrogen-bond acceptors (Lipinski definition) is 3. The van der Waals surface area contributed by atoms with Gasteiger partial charge in [0.2, 0.25) is 5.91 Å². The predicted molar refractivity (Wildman–Crippen MR) is 53.5 cm³/mol. The lowest BCUT2D eigenvalue weighted by Crippen LogP contribution is -2.42. The van der Waals surface area contributed by atoms with Crippen LogP contribution in [0.15, 0.2) is 0 Å². The van der Waals surface area contributed by atoms with Crippen LogP contribution >= 0.6 is 0 Å². The van der Waals surface area contributed by atoms with Crippen molar-refractivity contribution in [3.05, 3.63) is 0 Å². The van der Waals surface area contributed by atoms with E-state index in [9.17, 15) is 9.59 Å². The van der Waals surface area contributed by atoms with Crippen LogP contribution in [0.2, 0.25) is 0 Å². The lowest BCUT2D eigenvalue weighted by atomic mass is 10.2. The van der Waals surface area contributed by atoms with E-state index in [1.165, 1.54) is 4.90 Å². The van der Waals surface area contributed by atoms with Crippen molar-refractivity contribution in [2.45, 2.75) is 38.8 Å². The van der Waals surface area contributed by atoms with Crippen LogP contribution in [-0.2, 0) is 14.3 Å². The molecule has 86 valence electrons. The molecule has 0 bridgehead atoms. The predicted octanol–water partition coefficient (Wildman–Crippen LogP) is 0.487. The van der Waals surface area contributed by atoms with Gasteiger partial charge in [-0.3, -0.25) is 4.79 Å². The first-order valence-electron chi connectivity index (χ1n) is 5.16. The maximum absolute atomic E-state index is 11.6. The minimum absolute atomic E-state index is 0.0140. The molecule has 0 aromatic rings. The molecule has 1 fully saturated rings. The van der Waals surface area contributed by atoms with E-state index in [1.807, 2.05) is 13.8 Å². The summed E-state index contributed by atoms with van der Waals surface area (Å²) in [5.41, 5.74) is 0. The molecule has 15 heavy (non-hydrogen) atoms. The summed E-state index contributed by atoms with van der Waals surface area (Å²) in [5, 5.41) is 8.88. The third-order valence-corrected chi connectivity index (χ3v) is 2.40. The van der Waals surface area contributed by atoms with Crippen molar-refractivity contribution in [3.8, 4) is 0 Å². The summed E-state index contributed by atoms with van der Waals surface area (Å²) in [5.74, 6) is -1.15. The van der Waals surface area contributed by atoms with Gasteiger partial charge in [0, 0.05) is 6.54 Å². The summed E-state index contributed by atoms with van der Waals surface area (Å²) in [7, 11) is 0. The van der Waals surface area contributed by atoms with Crippen LogP contribution in [0.4, 0.5) is 0 Å². The molecule has 1 aliphatic heterocycles. The first-order valence-corrected chi connectivity index (χ1v) is 5.16. The third kappa shape index (κ3) is 3.20. The molecule has 1 rings (SSSR count). The molecule has 1 aliphatic rings. The van der Waals surface area contributed by atoms with Gasteiger partial charge in [-0.05, 0) is 26.7 Å². The first-order chi connectivity index (χ1) is 7.02. The van der Waals surface area contributed by atoms with Crippen molar-refractivity contribution in [2.24, 2.45) is 0 Å². The van der Waals surface area contributed by atoms with Crippen LogP contribution < -0.4 is 0 Å². The number of hydrogen-bond donors (Lipinski definition) is 1. The number of nitrogens with zero attached hydrogens (tertiary/aromatic N) is 1. The van der Waals surface area contributed by atoms with E-state index in [1.54, 1.807) is 0 Å². The van der Waals surface area contributed by atoms with Gasteiger partial charge in [-0.2, -0.15) is 0 Å². The van der Waals surface area contributed by atoms with Gasteiger partial charge in [-0.25, -0.2) is 4.79 Å². The van der Waals surface area contributed by atoms with Gasteiger partial charge in [0.15, 0.2) is 0 Å². The largest absolute Gasteiger partial charge is 0.480 e. The maximum Gasteiger partial charge on any atom is 0.326 e. The molecular weight excluding hydrogens is 198 g/mol. The zero-order valence-corrected chi connectivity index (χ0v) is 9.10. The first kappa shape index (κ1) is 12.0. The number of amides is 1. The van der Waals surface area contributed by atoms with Crippen LogP contribution in [0.1, 0.15) is 26.7 Å². The van der Waals surface area contributed by atoms with E-state index in [4.69, 9.17) is 9.84 Å².